The lowest BCUT2D eigenvalue weighted by atomic mass is 9.99. The molecular formula is C26H41NO. The monoisotopic (exact) mass is 383 g/mol. The first kappa shape index (κ1) is 22.7. The Morgan fingerprint density at radius 3 is 2.46 bits per heavy atom. The highest BCUT2D eigenvalue weighted by atomic mass is 16.2. The molecule has 0 bridgehead atoms. The lowest BCUT2D eigenvalue weighted by molar-refractivity contribution is -0.133. The van der Waals surface area contributed by atoms with Crippen molar-refractivity contribution < 1.29 is 4.79 Å². The zero-order valence-corrected chi connectivity index (χ0v) is 18.5. The Morgan fingerprint density at radius 1 is 1.11 bits per heavy atom. The first-order valence-corrected chi connectivity index (χ1v) is 11.7. The molecule has 2 rings (SSSR count). The third-order valence-corrected chi connectivity index (χ3v) is 6.33. The maximum Gasteiger partial charge on any atom is 0.223 e. The number of amides is 1. The molecule has 1 aromatic carbocycles. The Morgan fingerprint density at radius 2 is 1.82 bits per heavy atom. The minimum Gasteiger partial charge on any atom is -0.336 e. The third-order valence-electron chi connectivity index (χ3n) is 6.33. The van der Waals surface area contributed by atoms with E-state index >= 15 is 0 Å². The first-order valence-electron chi connectivity index (χ1n) is 11.7. The smallest absolute Gasteiger partial charge is 0.223 e. The van der Waals surface area contributed by atoms with Crippen LogP contribution >= 0.6 is 0 Å². The van der Waals surface area contributed by atoms with Crippen LogP contribution in [0.3, 0.4) is 0 Å². The molecule has 0 unspecified atom stereocenters. The van der Waals surface area contributed by atoms with E-state index < -0.39 is 0 Å². The summed E-state index contributed by atoms with van der Waals surface area (Å²) >= 11 is 0. The van der Waals surface area contributed by atoms with E-state index in [4.69, 9.17) is 0 Å². The summed E-state index contributed by atoms with van der Waals surface area (Å²) in [7, 11) is 0. The largest absolute Gasteiger partial charge is 0.336 e. The highest BCUT2D eigenvalue weighted by molar-refractivity contribution is 5.77. The number of benzene rings is 1. The number of rotatable bonds is 12. The Labute approximate surface area is 173 Å². The molecule has 156 valence electrons. The van der Waals surface area contributed by atoms with E-state index in [1.165, 1.54) is 56.1 Å². The van der Waals surface area contributed by atoms with Gasteiger partial charge in [0.05, 0.1) is 0 Å². The predicted molar refractivity (Wildman–Crippen MR) is 121 cm³/mol. The lowest BCUT2D eigenvalue weighted by Gasteiger charge is -2.30. The molecule has 1 saturated carbocycles. The number of unbranched alkanes of at least 4 members (excludes halogenated alkanes) is 2. The molecule has 1 atom stereocenters. The maximum absolute atomic E-state index is 13.1. The number of nitrogens with zero attached hydrogens (tertiary/aromatic N) is 1. The molecule has 0 aromatic heterocycles. The highest BCUT2D eigenvalue weighted by Crippen LogP contribution is 2.29. The van der Waals surface area contributed by atoms with Crippen LogP contribution in [-0.2, 0) is 4.79 Å². The highest BCUT2D eigenvalue weighted by Gasteiger charge is 2.22. The fourth-order valence-corrected chi connectivity index (χ4v) is 4.28. The van der Waals surface area contributed by atoms with Crippen molar-refractivity contribution >= 4 is 12.0 Å². The summed E-state index contributed by atoms with van der Waals surface area (Å²) < 4.78 is 0. The Balaban J connectivity index is 2.07. The molecule has 28 heavy (non-hydrogen) atoms. The van der Waals surface area contributed by atoms with Crippen molar-refractivity contribution in [1.82, 2.24) is 4.90 Å². The Kier molecular flexibility index (Phi) is 10.4. The van der Waals surface area contributed by atoms with Crippen molar-refractivity contribution in [2.24, 2.45) is 5.92 Å². The molecule has 1 fully saturated rings. The average molecular weight is 384 g/mol. The second-order valence-corrected chi connectivity index (χ2v) is 8.64. The van der Waals surface area contributed by atoms with Gasteiger partial charge in [-0.25, -0.2) is 0 Å². The lowest BCUT2D eigenvalue weighted by Crippen LogP contribution is -2.39. The minimum atomic E-state index is 0.307. The van der Waals surface area contributed by atoms with Crippen molar-refractivity contribution in [3.63, 3.8) is 0 Å². The van der Waals surface area contributed by atoms with Gasteiger partial charge in [-0.15, -0.1) is 0 Å². The summed E-state index contributed by atoms with van der Waals surface area (Å²) in [5, 5.41) is 0. The van der Waals surface area contributed by atoms with Crippen LogP contribution in [0.4, 0.5) is 0 Å². The zero-order valence-electron chi connectivity index (χ0n) is 18.5. The number of carbonyl (C=O) groups is 1. The van der Waals surface area contributed by atoms with Gasteiger partial charge in [-0.2, -0.15) is 0 Å². The molecule has 0 aliphatic heterocycles. The molecule has 1 amide bonds. The maximum atomic E-state index is 13.1. The van der Waals surface area contributed by atoms with Crippen LogP contribution in [0.25, 0.3) is 6.08 Å². The van der Waals surface area contributed by atoms with Crippen molar-refractivity contribution in [3.05, 3.63) is 41.5 Å². The minimum absolute atomic E-state index is 0.307. The summed E-state index contributed by atoms with van der Waals surface area (Å²) in [5.41, 5.74) is 2.64. The molecule has 2 nitrogen and oxygen atoms in total. The van der Waals surface area contributed by atoms with Crippen LogP contribution in [0.15, 0.2) is 35.9 Å². The summed E-state index contributed by atoms with van der Waals surface area (Å²) in [5.74, 6) is 1.14. The standard InChI is InChI=1S/C26H41NO/c1-4-6-8-17-25(20-24-15-9-7-10-16-24)21-27(22(3)5-2)26(28)19-18-23-13-11-12-14-23/h7,9-10,15-16,20,22-23H,4-6,8,11-14,17-19,21H2,1-3H3/b25-20+/t22-/m0/s1. The predicted octanol–water partition coefficient (Wildman–Crippen LogP) is 7.25. The van der Waals surface area contributed by atoms with Crippen molar-refractivity contribution in [2.75, 3.05) is 6.54 Å². The van der Waals surface area contributed by atoms with Gasteiger partial charge in [0.1, 0.15) is 0 Å². The van der Waals surface area contributed by atoms with Crippen LogP contribution in [0.1, 0.15) is 97.0 Å². The fraction of sp³-hybridized carbons (Fsp3) is 0.654. The zero-order chi connectivity index (χ0) is 20.2. The van der Waals surface area contributed by atoms with Crippen LogP contribution in [0.2, 0.25) is 0 Å². The van der Waals surface area contributed by atoms with Gasteiger partial charge in [0.25, 0.3) is 0 Å². The number of hydrogen-bond acceptors (Lipinski definition) is 1. The SMILES string of the molecule is CCCCC/C(=C\c1ccccc1)CN(C(=O)CCC1CCCC1)[C@@H](C)CC. The van der Waals surface area contributed by atoms with E-state index in [9.17, 15) is 4.79 Å². The van der Waals surface area contributed by atoms with Gasteiger partial charge >= 0.3 is 0 Å². The van der Waals surface area contributed by atoms with E-state index in [0.717, 1.165) is 38.1 Å². The molecule has 1 aromatic rings. The molecule has 0 N–H and O–H groups in total. The van der Waals surface area contributed by atoms with Crippen LogP contribution < -0.4 is 0 Å². The van der Waals surface area contributed by atoms with Crippen molar-refractivity contribution in [2.45, 2.75) is 97.4 Å². The summed E-state index contributed by atoms with van der Waals surface area (Å²) in [6.45, 7) is 7.44. The topological polar surface area (TPSA) is 20.3 Å². The van der Waals surface area contributed by atoms with Gasteiger partial charge in [-0.05, 0) is 44.1 Å². The average Bonchev–Trinajstić information content (AvgIpc) is 3.24. The van der Waals surface area contributed by atoms with Gasteiger partial charge in [0.15, 0.2) is 0 Å². The van der Waals surface area contributed by atoms with E-state index in [-0.39, 0.29) is 0 Å². The van der Waals surface area contributed by atoms with Crippen molar-refractivity contribution in [3.8, 4) is 0 Å². The van der Waals surface area contributed by atoms with Crippen LogP contribution in [-0.4, -0.2) is 23.4 Å². The second kappa shape index (κ2) is 12.8. The van der Waals surface area contributed by atoms with Gasteiger partial charge in [-0.3, -0.25) is 4.79 Å². The summed E-state index contributed by atoms with van der Waals surface area (Å²) in [6.07, 6.45) is 15.3. The fourth-order valence-electron chi connectivity index (χ4n) is 4.28. The Hall–Kier alpha value is -1.57. The molecule has 0 spiro atoms. The van der Waals surface area contributed by atoms with Crippen LogP contribution in [0, 0.1) is 5.92 Å². The van der Waals surface area contributed by atoms with E-state index in [1.807, 2.05) is 0 Å². The summed E-state index contributed by atoms with van der Waals surface area (Å²) in [4.78, 5) is 15.3. The van der Waals surface area contributed by atoms with E-state index in [2.05, 4.69) is 62.1 Å². The van der Waals surface area contributed by atoms with E-state index in [1.54, 1.807) is 0 Å². The first-order chi connectivity index (χ1) is 13.6. The molecular weight excluding hydrogens is 342 g/mol. The van der Waals surface area contributed by atoms with E-state index in [0.29, 0.717) is 11.9 Å². The van der Waals surface area contributed by atoms with Gasteiger partial charge in [0, 0.05) is 19.0 Å². The molecule has 1 aliphatic carbocycles. The van der Waals surface area contributed by atoms with Gasteiger partial charge in [0.2, 0.25) is 5.91 Å². The summed E-state index contributed by atoms with van der Waals surface area (Å²) in [6, 6.07) is 10.9. The molecule has 1 aliphatic rings. The molecule has 2 heteroatoms. The van der Waals surface area contributed by atoms with Crippen LogP contribution in [0.5, 0.6) is 0 Å². The van der Waals surface area contributed by atoms with Gasteiger partial charge < -0.3 is 4.90 Å². The number of hydrogen-bond donors (Lipinski definition) is 0. The molecule has 0 saturated heterocycles. The normalized spacial score (nSPS) is 16.3. The van der Waals surface area contributed by atoms with Gasteiger partial charge in [-0.1, -0.05) is 94.4 Å². The molecule has 0 heterocycles. The third kappa shape index (κ3) is 7.81. The molecule has 0 radical (unpaired) electrons. The Bertz CT molecular complexity index is 586. The quantitative estimate of drug-likeness (QED) is 0.348. The number of carbonyl (C=O) groups excluding carboxylic acids is 1. The van der Waals surface area contributed by atoms with Crippen molar-refractivity contribution in [1.29, 1.82) is 0 Å². The second-order valence-electron chi connectivity index (χ2n) is 8.64.